The van der Waals surface area contributed by atoms with Crippen molar-refractivity contribution in [3.05, 3.63) is 80.7 Å². The van der Waals surface area contributed by atoms with Crippen LogP contribution in [0.1, 0.15) is 11.1 Å². The normalized spacial score (nSPS) is 10.9. The average Bonchev–Trinajstić information content (AvgIpc) is 3.32. The second-order valence-electron chi connectivity index (χ2n) is 7.58. The van der Waals surface area contributed by atoms with Crippen molar-refractivity contribution in [3.8, 4) is 23.0 Å². The highest BCUT2D eigenvalue weighted by Crippen LogP contribution is 2.35. The minimum Gasteiger partial charge on any atom is -0.493 e. The molecule has 4 aromatic rings. The van der Waals surface area contributed by atoms with E-state index in [1.165, 1.54) is 11.8 Å². The predicted octanol–water partition coefficient (Wildman–Crippen LogP) is 7.21. The van der Waals surface area contributed by atoms with Crippen LogP contribution in [0.15, 0.2) is 79.2 Å². The third-order valence-corrected chi connectivity index (χ3v) is 7.47. The van der Waals surface area contributed by atoms with Gasteiger partial charge in [-0.2, -0.15) is 0 Å². The van der Waals surface area contributed by atoms with E-state index < -0.39 is 0 Å². The molecule has 34 heavy (non-hydrogen) atoms. The molecule has 0 spiro atoms. The second kappa shape index (κ2) is 11.3. The Morgan fingerprint density at radius 1 is 0.912 bits per heavy atom. The third kappa shape index (κ3) is 5.95. The molecule has 3 aromatic carbocycles. The zero-order valence-corrected chi connectivity index (χ0v) is 22.9. The Balaban J connectivity index is 1.45. The Morgan fingerprint density at radius 3 is 2.47 bits per heavy atom. The monoisotopic (exact) mass is 603 g/mol. The van der Waals surface area contributed by atoms with E-state index >= 15 is 0 Å². The Kier molecular flexibility index (Phi) is 8.18. The maximum Gasteiger partial charge on any atom is 0.277 e. The molecule has 0 radical (unpaired) electrons. The SMILES string of the molecule is COc1cc(-c2nnc(SCc3ccccc3Br)o2)ccc1OCc1cc(N(C)C)ccc1Br. The van der Waals surface area contributed by atoms with Crippen molar-refractivity contribution in [2.24, 2.45) is 0 Å². The fourth-order valence-corrected chi connectivity index (χ4v) is 4.90. The van der Waals surface area contributed by atoms with Crippen molar-refractivity contribution in [1.29, 1.82) is 0 Å². The first-order chi connectivity index (χ1) is 16.4. The van der Waals surface area contributed by atoms with Crippen LogP contribution in [0.2, 0.25) is 0 Å². The van der Waals surface area contributed by atoms with E-state index in [0.717, 1.165) is 37.1 Å². The molecule has 6 nitrogen and oxygen atoms in total. The summed E-state index contributed by atoms with van der Waals surface area (Å²) in [6, 6.07) is 19.8. The van der Waals surface area contributed by atoms with Crippen molar-refractivity contribution in [2.45, 2.75) is 17.6 Å². The van der Waals surface area contributed by atoms with Gasteiger partial charge >= 0.3 is 0 Å². The van der Waals surface area contributed by atoms with E-state index in [2.05, 4.69) is 65.2 Å². The number of anilines is 1. The van der Waals surface area contributed by atoms with E-state index in [1.54, 1.807) is 7.11 Å². The highest BCUT2D eigenvalue weighted by atomic mass is 79.9. The van der Waals surface area contributed by atoms with Gasteiger partial charge in [0.25, 0.3) is 5.22 Å². The van der Waals surface area contributed by atoms with Gasteiger partial charge in [-0.05, 0) is 48.0 Å². The van der Waals surface area contributed by atoms with Gasteiger partial charge in [0.2, 0.25) is 5.89 Å². The zero-order chi connectivity index (χ0) is 24.1. The fraction of sp³-hybridized carbons (Fsp3) is 0.200. The molecule has 0 aliphatic heterocycles. The van der Waals surface area contributed by atoms with Gasteiger partial charge in [0.1, 0.15) is 6.61 Å². The molecular formula is C25H23Br2N3O3S. The second-order valence-corrected chi connectivity index (χ2v) is 10.2. The highest BCUT2D eigenvalue weighted by Gasteiger charge is 2.14. The van der Waals surface area contributed by atoms with E-state index in [4.69, 9.17) is 13.9 Å². The summed E-state index contributed by atoms with van der Waals surface area (Å²) in [4.78, 5) is 2.06. The number of hydrogen-bond donors (Lipinski definition) is 0. The molecule has 176 valence electrons. The van der Waals surface area contributed by atoms with E-state index in [-0.39, 0.29) is 0 Å². The molecule has 0 bridgehead atoms. The lowest BCUT2D eigenvalue weighted by Gasteiger charge is -2.16. The van der Waals surface area contributed by atoms with Crippen LogP contribution in [0, 0.1) is 0 Å². The van der Waals surface area contributed by atoms with Crippen molar-refractivity contribution < 1.29 is 13.9 Å². The Morgan fingerprint density at radius 2 is 1.71 bits per heavy atom. The number of methoxy groups -OCH3 is 1. The van der Waals surface area contributed by atoms with Crippen LogP contribution >= 0.6 is 43.6 Å². The highest BCUT2D eigenvalue weighted by molar-refractivity contribution is 9.10. The summed E-state index contributed by atoms with van der Waals surface area (Å²) in [5, 5.41) is 8.88. The number of benzene rings is 3. The van der Waals surface area contributed by atoms with Crippen LogP contribution in [-0.4, -0.2) is 31.4 Å². The number of aromatic nitrogens is 2. The van der Waals surface area contributed by atoms with Crippen molar-refractivity contribution in [1.82, 2.24) is 10.2 Å². The van der Waals surface area contributed by atoms with Crippen molar-refractivity contribution >= 4 is 49.3 Å². The summed E-state index contributed by atoms with van der Waals surface area (Å²) in [6.07, 6.45) is 0. The summed E-state index contributed by atoms with van der Waals surface area (Å²) in [6.45, 7) is 0.397. The number of thioether (sulfide) groups is 1. The van der Waals surface area contributed by atoms with Crippen molar-refractivity contribution in [2.75, 3.05) is 26.1 Å². The van der Waals surface area contributed by atoms with Gasteiger partial charge in [0.05, 0.1) is 7.11 Å². The molecule has 1 aromatic heterocycles. The van der Waals surface area contributed by atoms with E-state index in [0.29, 0.717) is 29.2 Å². The topological polar surface area (TPSA) is 60.6 Å². The molecule has 0 saturated carbocycles. The first-order valence-electron chi connectivity index (χ1n) is 10.4. The summed E-state index contributed by atoms with van der Waals surface area (Å²) < 4.78 is 19.6. The Hall–Kier alpha value is -2.49. The maximum absolute atomic E-state index is 6.08. The Bertz CT molecular complexity index is 1280. The maximum atomic E-state index is 6.08. The first kappa shape index (κ1) is 24.6. The lowest BCUT2D eigenvalue weighted by molar-refractivity contribution is 0.284. The molecule has 0 unspecified atom stereocenters. The summed E-state index contributed by atoms with van der Waals surface area (Å²) >= 11 is 8.66. The van der Waals surface area contributed by atoms with E-state index in [9.17, 15) is 0 Å². The fourth-order valence-electron chi connectivity index (χ4n) is 3.16. The molecule has 0 saturated heterocycles. The van der Waals surface area contributed by atoms with Crippen LogP contribution in [0.25, 0.3) is 11.5 Å². The molecule has 0 amide bonds. The standard InChI is InChI=1S/C25H23Br2N3O3S/c1-30(2)19-9-10-21(27)18(12-19)14-32-22-11-8-16(13-23(22)31-3)24-28-29-25(33-24)34-15-17-6-4-5-7-20(17)26/h4-13H,14-15H2,1-3H3. The van der Waals surface area contributed by atoms with Crippen LogP contribution in [-0.2, 0) is 12.4 Å². The molecule has 4 rings (SSSR count). The molecule has 0 fully saturated rings. The van der Waals surface area contributed by atoms with Gasteiger partial charge < -0.3 is 18.8 Å². The summed E-state index contributed by atoms with van der Waals surface area (Å²) in [5.41, 5.74) is 4.08. The number of halogens is 2. The van der Waals surface area contributed by atoms with Crippen LogP contribution in [0.5, 0.6) is 11.5 Å². The van der Waals surface area contributed by atoms with Crippen LogP contribution < -0.4 is 14.4 Å². The van der Waals surface area contributed by atoms with Gasteiger partial charge in [-0.1, -0.05) is 61.8 Å². The van der Waals surface area contributed by atoms with Gasteiger partial charge in [0.15, 0.2) is 11.5 Å². The number of hydrogen-bond acceptors (Lipinski definition) is 7. The Labute approximate surface area is 219 Å². The van der Waals surface area contributed by atoms with Gasteiger partial charge in [-0.25, -0.2) is 0 Å². The minimum absolute atomic E-state index is 0.397. The van der Waals surface area contributed by atoms with Crippen LogP contribution in [0.3, 0.4) is 0 Å². The minimum atomic E-state index is 0.397. The first-order valence-corrected chi connectivity index (χ1v) is 13.0. The zero-order valence-electron chi connectivity index (χ0n) is 18.9. The van der Waals surface area contributed by atoms with Gasteiger partial charge in [0, 0.05) is 45.6 Å². The largest absolute Gasteiger partial charge is 0.493 e. The molecule has 0 aliphatic rings. The quantitative estimate of drug-likeness (QED) is 0.187. The van der Waals surface area contributed by atoms with Crippen molar-refractivity contribution in [3.63, 3.8) is 0 Å². The average molecular weight is 605 g/mol. The number of nitrogens with zero attached hydrogens (tertiary/aromatic N) is 3. The molecule has 0 atom stereocenters. The van der Waals surface area contributed by atoms with Crippen LogP contribution in [0.4, 0.5) is 5.69 Å². The molecule has 1 heterocycles. The summed E-state index contributed by atoms with van der Waals surface area (Å²) in [7, 11) is 5.64. The predicted molar refractivity (Wildman–Crippen MR) is 143 cm³/mol. The van der Waals surface area contributed by atoms with Gasteiger partial charge in [-0.3, -0.25) is 0 Å². The molecule has 0 aliphatic carbocycles. The number of ether oxygens (including phenoxy) is 2. The lowest BCUT2D eigenvalue weighted by atomic mass is 10.2. The molecule has 0 N–H and O–H groups in total. The van der Waals surface area contributed by atoms with Gasteiger partial charge in [-0.15, -0.1) is 10.2 Å². The number of rotatable bonds is 9. The molecule has 9 heteroatoms. The smallest absolute Gasteiger partial charge is 0.277 e. The molecular weight excluding hydrogens is 582 g/mol. The third-order valence-electron chi connectivity index (χ3n) is 5.05. The lowest BCUT2D eigenvalue weighted by Crippen LogP contribution is -2.09. The van der Waals surface area contributed by atoms with E-state index in [1.807, 2.05) is 56.6 Å². The summed E-state index contributed by atoms with van der Waals surface area (Å²) in [5.74, 6) is 2.39.